The zero-order chi connectivity index (χ0) is 15.4. The maximum absolute atomic E-state index is 12.0. The lowest BCUT2D eigenvalue weighted by Gasteiger charge is -2.26. The number of nitrogens with zero attached hydrogens (tertiary/aromatic N) is 3. The number of nitrogens with two attached hydrogens (primary N) is 1. The second kappa shape index (κ2) is 6.43. The summed E-state index contributed by atoms with van der Waals surface area (Å²) in [4.78, 5) is 20.1. The molecule has 1 heterocycles. The highest BCUT2D eigenvalue weighted by Crippen LogP contribution is 2.28. The highest BCUT2D eigenvalue weighted by Gasteiger charge is 2.15. The molecular formula is C16H22N4O. The SMILES string of the molecule is CCCN(CC(=O)N(C)C)c1ccnc2c(N)cccc12. The maximum atomic E-state index is 12.0. The minimum absolute atomic E-state index is 0.0808. The number of fused-ring (bicyclic) bond motifs is 1. The summed E-state index contributed by atoms with van der Waals surface area (Å²) in [6.45, 7) is 3.27. The number of anilines is 2. The monoisotopic (exact) mass is 286 g/mol. The van der Waals surface area contributed by atoms with Crippen LogP contribution in [0.2, 0.25) is 0 Å². The molecule has 0 aliphatic heterocycles. The fourth-order valence-corrected chi connectivity index (χ4v) is 2.32. The Bertz CT molecular complexity index is 639. The Kier molecular flexibility index (Phi) is 4.62. The van der Waals surface area contributed by atoms with Crippen molar-refractivity contribution in [2.75, 3.05) is 37.8 Å². The second-order valence-corrected chi connectivity index (χ2v) is 5.28. The molecule has 0 radical (unpaired) electrons. The molecule has 0 unspecified atom stereocenters. The van der Waals surface area contributed by atoms with Crippen molar-refractivity contribution >= 4 is 28.2 Å². The van der Waals surface area contributed by atoms with Gasteiger partial charge in [0.05, 0.1) is 17.7 Å². The van der Waals surface area contributed by atoms with E-state index in [2.05, 4.69) is 16.8 Å². The first kappa shape index (κ1) is 15.1. The molecule has 2 rings (SSSR count). The van der Waals surface area contributed by atoms with Gasteiger partial charge in [-0.1, -0.05) is 19.1 Å². The van der Waals surface area contributed by atoms with Gasteiger partial charge in [0.25, 0.3) is 0 Å². The predicted molar refractivity (Wildman–Crippen MR) is 87.4 cm³/mol. The third kappa shape index (κ3) is 3.24. The number of nitrogen functional groups attached to an aromatic ring is 1. The molecule has 2 aromatic rings. The molecular weight excluding hydrogens is 264 g/mol. The number of pyridine rings is 1. The summed E-state index contributed by atoms with van der Waals surface area (Å²) in [6.07, 6.45) is 2.71. The van der Waals surface area contributed by atoms with Gasteiger partial charge in [-0.25, -0.2) is 0 Å². The van der Waals surface area contributed by atoms with Gasteiger partial charge >= 0.3 is 0 Å². The lowest BCUT2D eigenvalue weighted by Crippen LogP contribution is -2.37. The number of benzene rings is 1. The molecule has 0 saturated carbocycles. The van der Waals surface area contributed by atoms with E-state index < -0.39 is 0 Å². The Labute approximate surface area is 125 Å². The number of amides is 1. The van der Waals surface area contributed by atoms with E-state index in [1.807, 2.05) is 24.3 Å². The minimum atomic E-state index is 0.0808. The zero-order valence-electron chi connectivity index (χ0n) is 12.8. The molecule has 1 aromatic heterocycles. The van der Waals surface area contributed by atoms with Crippen molar-refractivity contribution in [3.8, 4) is 0 Å². The zero-order valence-corrected chi connectivity index (χ0v) is 12.8. The van der Waals surface area contributed by atoms with Crippen LogP contribution in [0.15, 0.2) is 30.5 Å². The first-order valence-corrected chi connectivity index (χ1v) is 7.13. The van der Waals surface area contributed by atoms with Crippen molar-refractivity contribution in [1.82, 2.24) is 9.88 Å². The number of likely N-dealkylation sites (N-methyl/N-ethyl adjacent to an activating group) is 1. The van der Waals surface area contributed by atoms with Crippen LogP contribution in [0.5, 0.6) is 0 Å². The summed E-state index contributed by atoms with van der Waals surface area (Å²) < 4.78 is 0. The average molecular weight is 286 g/mol. The highest BCUT2D eigenvalue weighted by atomic mass is 16.2. The molecule has 0 fully saturated rings. The van der Waals surface area contributed by atoms with Crippen LogP contribution in [-0.4, -0.2) is 43.0 Å². The van der Waals surface area contributed by atoms with E-state index in [0.29, 0.717) is 12.2 Å². The molecule has 0 aliphatic carbocycles. The highest BCUT2D eigenvalue weighted by molar-refractivity contribution is 5.99. The van der Waals surface area contributed by atoms with Crippen LogP contribution in [0.3, 0.4) is 0 Å². The largest absolute Gasteiger partial charge is 0.397 e. The third-order valence-corrected chi connectivity index (χ3v) is 3.44. The predicted octanol–water partition coefficient (Wildman–Crippen LogP) is 2.12. The topological polar surface area (TPSA) is 62.5 Å². The Morgan fingerprint density at radius 1 is 1.29 bits per heavy atom. The fourth-order valence-electron chi connectivity index (χ4n) is 2.32. The van der Waals surface area contributed by atoms with E-state index in [-0.39, 0.29) is 5.91 Å². The number of para-hydroxylation sites is 1. The third-order valence-electron chi connectivity index (χ3n) is 3.44. The lowest BCUT2D eigenvalue weighted by molar-refractivity contribution is -0.127. The number of aromatic nitrogens is 1. The number of rotatable bonds is 5. The van der Waals surface area contributed by atoms with Crippen LogP contribution in [0, 0.1) is 0 Å². The van der Waals surface area contributed by atoms with Crippen LogP contribution >= 0.6 is 0 Å². The van der Waals surface area contributed by atoms with Gasteiger partial charge in [-0.2, -0.15) is 0 Å². The van der Waals surface area contributed by atoms with Gasteiger partial charge in [-0.3, -0.25) is 9.78 Å². The maximum Gasteiger partial charge on any atom is 0.241 e. The summed E-state index contributed by atoms with van der Waals surface area (Å²) in [7, 11) is 3.55. The molecule has 0 spiro atoms. The Morgan fingerprint density at radius 2 is 2.05 bits per heavy atom. The van der Waals surface area contributed by atoms with Crippen LogP contribution in [0.4, 0.5) is 11.4 Å². The standard InChI is InChI=1S/C16H22N4O/c1-4-10-20(11-15(21)19(2)3)14-8-9-18-16-12(14)6-5-7-13(16)17/h5-9H,4,10-11,17H2,1-3H3. The first-order chi connectivity index (χ1) is 10.0. The smallest absolute Gasteiger partial charge is 0.241 e. The summed E-state index contributed by atoms with van der Waals surface area (Å²) in [5, 5.41) is 0.984. The van der Waals surface area contributed by atoms with E-state index in [4.69, 9.17) is 5.73 Å². The van der Waals surface area contributed by atoms with Gasteiger partial charge in [-0.05, 0) is 18.6 Å². The molecule has 112 valence electrons. The summed E-state index contributed by atoms with van der Waals surface area (Å²) in [5.74, 6) is 0.0808. The molecule has 1 aromatic carbocycles. The van der Waals surface area contributed by atoms with Crippen molar-refractivity contribution in [3.05, 3.63) is 30.5 Å². The van der Waals surface area contributed by atoms with E-state index in [1.165, 1.54) is 0 Å². The molecule has 21 heavy (non-hydrogen) atoms. The van der Waals surface area contributed by atoms with Crippen LogP contribution < -0.4 is 10.6 Å². The van der Waals surface area contributed by atoms with Crippen LogP contribution in [0.25, 0.3) is 10.9 Å². The Hall–Kier alpha value is -2.30. The van der Waals surface area contributed by atoms with Crippen molar-refractivity contribution in [2.24, 2.45) is 0 Å². The number of carbonyl (C=O) groups excluding carboxylic acids is 1. The second-order valence-electron chi connectivity index (χ2n) is 5.28. The van der Waals surface area contributed by atoms with Gasteiger partial charge in [0.1, 0.15) is 0 Å². The van der Waals surface area contributed by atoms with Gasteiger partial charge in [-0.15, -0.1) is 0 Å². The number of carbonyl (C=O) groups is 1. The molecule has 5 heteroatoms. The number of hydrogen-bond donors (Lipinski definition) is 1. The van der Waals surface area contributed by atoms with Crippen molar-refractivity contribution in [1.29, 1.82) is 0 Å². The molecule has 0 atom stereocenters. The quantitative estimate of drug-likeness (QED) is 0.855. The molecule has 2 N–H and O–H groups in total. The number of hydrogen-bond acceptors (Lipinski definition) is 4. The van der Waals surface area contributed by atoms with Crippen molar-refractivity contribution in [3.63, 3.8) is 0 Å². The summed E-state index contributed by atoms with van der Waals surface area (Å²) >= 11 is 0. The van der Waals surface area contributed by atoms with Gasteiger partial charge in [0, 0.05) is 37.9 Å². The van der Waals surface area contributed by atoms with Gasteiger partial charge in [0.2, 0.25) is 5.91 Å². The summed E-state index contributed by atoms with van der Waals surface area (Å²) in [6, 6.07) is 7.70. The van der Waals surface area contributed by atoms with Crippen molar-refractivity contribution < 1.29 is 4.79 Å². The van der Waals surface area contributed by atoms with Gasteiger partial charge in [0.15, 0.2) is 0 Å². The first-order valence-electron chi connectivity index (χ1n) is 7.13. The average Bonchev–Trinajstić information content (AvgIpc) is 2.46. The minimum Gasteiger partial charge on any atom is -0.397 e. The summed E-state index contributed by atoms with van der Waals surface area (Å²) in [5.41, 5.74) is 8.44. The van der Waals surface area contributed by atoms with E-state index >= 15 is 0 Å². The van der Waals surface area contributed by atoms with E-state index in [9.17, 15) is 4.79 Å². The molecule has 5 nitrogen and oxygen atoms in total. The van der Waals surface area contributed by atoms with E-state index in [0.717, 1.165) is 29.6 Å². The fraction of sp³-hybridized carbons (Fsp3) is 0.375. The van der Waals surface area contributed by atoms with Crippen molar-refractivity contribution in [2.45, 2.75) is 13.3 Å². The van der Waals surface area contributed by atoms with Crippen LogP contribution in [0.1, 0.15) is 13.3 Å². The molecule has 0 bridgehead atoms. The van der Waals surface area contributed by atoms with Crippen LogP contribution in [-0.2, 0) is 4.79 Å². The van der Waals surface area contributed by atoms with Gasteiger partial charge < -0.3 is 15.5 Å². The normalized spacial score (nSPS) is 10.6. The Morgan fingerprint density at radius 3 is 2.71 bits per heavy atom. The lowest BCUT2D eigenvalue weighted by atomic mass is 10.1. The molecule has 0 aliphatic rings. The molecule has 1 amide bonds. The Balaban J connectivity index is 2.45. The van der Waals surface area contributed by atoms with E-state index in [1.54, 1.807) is 25.2 Å². The molecule has 0 saturated heterocycles.